The van der Waals surface area contributed by atoms with Crippen LogP contribution in [-0.2, 0) is 0 Å². The fourth-order valence-electron chi connectivity index (χ4n) is 2.09. The first-order valence-corrected chi connectivity index (χ1v) is 6.47. The number of rotatable bonds is 1. The molecular weight excluding hydrogens is 140 g/mol. The van der Waals surface area contributed by atoms with Crippen LogP contribution in [0, 0.1) is 0 Å². The summed E-state index contributed by atoms with van der Waals surface area (Å²) in [6.07, 6.45) is 4.00. The average Bonchev–Trinajstić information content (AvgIpc) is 1.86. The lowest BCUT2D eigenvalue weighted by molar-refractivity contribution is 0.697. The molecule has 10 heavy (non-hydrogen) atoms. The fourth-order valence-corrected chi connectivity index (χ4v) is 5.79. The van der Waals surface area contributed by atoms with Gasteiger partial charge in [0.15, 0.2) is 0 Å². The fraction of sp³-hybridized carbons (Fsp3) is 1.00. The summed E-state index contributed by atoms with van der Waals surface area (Å²) in [5.41, 5.74) is 0. The van der Waals surface area contributed by atoms with Crippen LogP contribution in [0.25, 0.3) is 0 Å². The lowest BCUT2D eigenvalue weighted by Gasteiger charge is -2.60. The predicted molar refractivity (Wildman–Crippen MR) is 52.2 cm³/mol. The Kier molecular flexibility index (Phi) is 2.06. The van der Waals surface area contributed by atoms with E-state index in [0.717, 1.165) is 15.7 Å². The van der Waals surface area contributed by atoms with Crippen LogP contribution in [-0.4, -0.2) is 22.0 Å². The Bertz CT molecular complexity index is 111. The van der Waals surface area contributed by atoms with Crippen LogP contribution in [0.15, 0.2) is 0 Å². The van der Waals surface area contributed by atoms with Gasteiger partial charge < -0.3 is 0 Å². The van der Waals surface area contributed by atoms with E-state index in [1.165, 1.54) is 6.42 Å². The van der Waals surface area contributed by atoms with E-state index in [0.29, 0.717) is 0 Å². The monoisotopic (exact) mass is 160 g/mol. The number of hydrogen-bond acceptors (Lipinski definition) is 0. The van der Waals surface area contributed by atoms with Crippen molar-refractivity contribution in [3.63, 3.8) is 0 Å². The first-order valence-electron chi connectivity index (χ1n) is 4.24. The summed E-state index contributed by atoms with van der Waals surface area (Å²) >= 11 is 0. The van der Waals surface area contributed by atoms with Crippen LogP contribution in [0.2, 0.25) is 0 Å². The molecule has 1 heteroatoms. The summed E-state index contributed by atoms with van der Waals surface area (Å²) in [6, 6.07) is 0. The summed E-state index contributed by atoms with van der Waals surface area (Å²) in [7, 11) is -0.213. The molecule has 2 atom stereocenters. The minimum atomic E-state index is -0.213. The van der Waals surface area contributed by atoms with Crippen molar-refractivity contribution >= 4 is 10.0 Å². The molecule has 0 bridgehead atoms. The molecule has 1 fully saturated rings. The molecule has 0 aromatic heterocycles. The van der Waals surface area contributed by atoms with Crippen LogP contribution < -0.4 is 0 Å². The Labute approximate surface area is 66.7 Å². The Morgan fingerprint density at radius 1 is 1.20 bits per heavy atom. The molecule has 0 amide bonds. The SMILES string of the molecule is CC(C)S1(C)C(C)CC1C. The minimum Gasteiger partial charge on any atom is -0.236 e. The molecular formula is C9H20S. The molecule has 0 spiro atoms. The second-order valence-corrected chi connectivity index (χ2v) is 8.80. The zero-order valence-electron chi connectivity index (χ0n) is 7.85. The molecule has 62 valence electrons. The van der Waals surface area contributed by atoms with E-state index in [2.05, 4.69) is 34.0 Å². The van der Waals surface area contributed by atoms with Gasteiger partial charge in [0.2, 0.25) is 0 Å². The second-order valence-electron chi connectivity index (χ2n) is 4.02. The molecule has 0 aromatic rings. The van der Waals surface area contributed by atoms with Crippen molar-refractivity contribution in [3.8, 4) is 0 Å². The summed E-state index contributed by atoms with van der Waals surface area (Å²) in [6.45, 7) is 9.63. The summed E-state index contributed by atoms with van der Waals surface area (Å²) in [5.74, 6) is 0. The van der Waals surface area contributed by atoms with Crippen LogP contribution >= 0.6 is 10.0 Å². The molecule has 1 aliphatic heterocycles. The quantitative estimate of drug-likeness (QED) is 0.553. The molecule has 0 aromatic carbocycles. The minimum absolute atomic E-state index is 0.213. The molecule has 0 aliphatic carbocycles. The van der Waals surface area contributed by atoms with Crippen molar-refractivity contribution in [2.24, 2.45) is 0 Å². The van der Waals surface area contributed by atoms with Crippen molar-refractivity contribution in [1.82, 2.24) is 0 Å². The van der Waals surface area contributed by atoms with E-state index in [1.807, 2.05) is 0 Å². The zero-order chi connectivity index (χ0) is 7.94. The van der Waals surface area contributed by atoms with E-state index in [1.54, 1.807) is 0 Å². The van der Waals surface area contributed by atoms with E-state index >= 15 is 0 Å². The van der Waals surface area contributed by atoms with E-state index < -0.39 is 0 Å². The normalized spacial score (nSPS) is 53.8. The first-order chi connectivity index (χ1) is 4.49. The molecule has 1 rings (SSSR count). The maximum absolute atomic E-state index is 2.52. The Hall–Kier alpha value is 0.350. The Balaban J connectivity index is 2.66. The molecule has 1 aliphatic rings. The van der Waals surface area contributed by atoms with Crippen LogP contribution in [0.3, 0.4) is 0 Å². The van der Waals surface area contributed by atoms with Gasteiger partial charge in [-0.3, -0.25) is 0 Å². The molecule has 0 N–H and O–H groups in total. The Morgan fingerprint density at radius 3 is 1.70 bits per heavy atom. The van der Waals surface area contributed by atoms with Gasteiger partial charge in [0.25, 0.3) is 0 Å². The van der Waals surface area contributed by atoms with Crippen molar-refractivity contribution in [2.75, 3.05) is 6.26 Å². The second kappa shape index (κ2) is 2.44. The van der Waals surface area contributed by atoms with E-state index in [9.17, 15) is 0 Å². The van der Waals surface area contributed by atoms with Gasteiger partial charge in [0.1, 0.15) is 0 Å². The first kappa shape index (κ1) is 8.45. The summed E-state index contributed by atoms with van der Waals surface area (Å²) in [4.78, 5) is 0. The highest BCUT2D eigenvalue weighted by Gasteiger charge is 2.43. The lowest BCUT2D eigenvalue weighted by Crippen LogP contribution is -2.42. The average molecular weight is 160 g/mol. The highest BCUT2D eigenvalue weighted by molar-refractivity contribution is 8.35. The topological polar surface area (TPSA) is 0 Å². The molecule has 1 saturated heterocycles. The maximum Gasteiger partial charge on any atom is -0.0128 e. The van der Waals surface area contributed by atoms with Crippen LogP contribution in [0.1, 0.15) is 34.1 Å². The van der Waals surface area contributed by atoms with Crippen LogP contribution in [0.5, 0.6) is 0 Å². The summed E-state index contributed by atoms with van der Waals surface area (Å²) in [5, 5.41) is 3.00. The van der Waals surface area contributed by atoms with Crippen molar-refractivity contribution in [1.29, 1.82) is 0 Å². The molecule has 0 nitrogen and oxygen atoms in total. The van der Waals surface area contributed by atoms with Gasteiger partial charge in [-0.1, -0.05) is 27.7 Å². The molecule has 2 unspecified atom stereocenters. The van der Waals surface area contributed by atoms with E-state index in [-0.39, 0.29) is 10.0 Å². The van der Waals surface area contributed by atoms with Gasteiger partial charge >= 0.3 is 0 Å². The zero-order valence-corrected chi connectivity index (χ0v) is 8.66. The van der Waals surface area contributed by atoms with Crippen molar-refractivity contribution in [3.05, 3.63) is 0 Å². The predicted octanol–water partition coefficient (Wildman–Crippen LogP) is 3.01. The lowest BCUT2D eigenvalue weighted by atomic mass is 10.2. The number of hydrogen-bond donors (Lipinski definition) is 0. The van der Waals surface area contributed by atoms with Crippen LogP contribution in [0.4, 0.5) is 0 Å². The van der Waals surface area contributed by atoms with Gasteiger partial charge in [0, 0.05) is 0 Å². The molecule has 0 radical (unpaired) electrons. The highest BCUT2D eigenvalue weighted by Crippen LogP contribution is 2.67. The third kappa shape index (κ3) is 0.903. The van der Waals surface area contributed by atoms with Gasteiger partial charge in [-0.2, -0.15) is 0 Å². The summed E-state index contributed by atoms with van der Waals surface area (Å²) < 4.78 is 0. The van der Waals surface area contributed by atoms with Gasteiger partial charge in [0.05, 0.1) is 0 Å². The van der Waals surface area contributed by atoms with Crippen molar-refractivity contribution in [2.45, 2.75) is 49.9 Å². The molecule has 0 saturated carbocycles. The third-order valence-electron chi connectivity index (χ3n) is 3.41. The van der Waals surface area contributed by atoms with Gasteiger partial charge in [-0.15, -0.1) is 0 Å². The largest absolute Gasteiger partial charge is 0.236 e. The van der Waals surface area contributed by atoms with Gasteiger partial charge in [-0.25, -0.2) is 10.0 Å². The highest BCUT2D eigenvalue weighted by atomic mass is 32.3. The van der Waals surface area contributed by atoms with Crippen molar-refractivity contribution < 1.29 is 0 Å². The third-order valence-corrected chi connectivity index (χ3v) is 9.30. The smallest absolute Gasteiger partial charge is 0.0128 e. The Morgan fingerprint density at radius 2 is 1.60 bits per heavy atom. The van der Waals surface area contributed by atoms with Gasteiger partial charge in [-0.05, 0) is 28.4 Å². The standard InChI is InChI=1S/C9H20S/c1-7(2)10(5)8(3)6-9(10)4/h7-9H,6H2,1-5H3. The molecule has 1 heterocycles. The van der Waals surface area contributed by atoms with E-state index in [4.69, 9.17) is 0 Å². The maximum atomic E-state index is 2.52.